The third kappa shape index (κ3) is 3.59. The van der Waals surface area contributed by atoms with Crippen LogP contribution in [0, 0.1) is 0 Å². The molecule has 0 aliphatic rings. The molecular formula is C20H23Cl2N3O. The summed E-state index contributed by atoms with van der Waals surface area (Å²) in [6, 6.07) is 5.44. The summed E-state index contributed by atoms with van der Waals surface area (Å²) >= 11 is 12.5. The minimum Gasteiger partial charge on any atom is -0.372 e. The molecule has 6 heteroatoms. The van der Waals surface area contributed by atoms with E-state index < -0.39 is 0 Å². The van der Waals surface area contributed by atoms with Crippen LogP contribution in [-0.2, 0) is 11.2 Å². The van der Waals surface area contributed by atoms with E-state index in [0.717, 1.165) is 47.6 Å². The number of benzene rings is 1. The van der Waals surface area contributed by atoms with Crippen LogP contribution in [0.1, 0.15) is 51.1 Å². The molecule has 1 atom stereocenters. The molecule has 1 unspecified atom stereocenters. The maximum absolute atomic E-state index is 6.42. The van der Waals surface area contributed by atoms with Gasteiger partial charge < -0.3 is 4.74 Å². The van der Waals surface area contributed by atoms with Gasteiger partial charge in [0.05, 0.1) is 22.5 Å². The summed E-state index contributed by atoms with van der Waals surface area (Å²) in [4.78, 5) is 9.44. The molecule has 0 saturated heterocycles. The Morgan fingerprint density at radius 1 is 1.19 bits per heavy atom. The molecule has 0 amide bonds. The van der Waals surface area contributed by atoms with Crippen molar-refractivity contribution in [1.29, 1.82) is 0 Å². The number of ether oxygens (including phenoxy) is 1. The van der Waals surface area contributed by atoms with Crippen LogP contribution in [-0.4, -0.2) is 21.0 Å². The molecule has 0 aliphatic heterocycles. The van der Waals surface area contributed by atoms with Crippen LogP contribution in [0.2, 0.25) is 10.0 Å². The van der Waals surface area contributed by atoms with Gasteiger partial charge >= 0.3 is 0 Å². The lowest BCUT2D eigenvalue weighted by molar-refractivity contribution is 0.0514. The van der Waals surface area contributed by atoms with E-state index in [-0.39, 0.29) is 6.10 Å². The molecule has 0 saturated carbocycles. The van der Waals surface area contributed by atoms with Gasteiger partial charge in [0.2, 0.25) is 0 Å². The highest BCUT2D eigenvalue weighted by atomic mass is 35.5. The van der Waals surface area contributed by atoms with Gasteiger partial charge in [-0.25, -0.2) is 4.98 Å². The van der Waals surface area contributed by atoms with Crippen molar-refractivity contribution in [3.63, 3.8) is 0 Å². The van der Waals surface area contributed by atoms with E-state index in [4.69, 9.17) is 32.9 Å². The molecule has 0 fully saturated rings. The van der Waals surface area contributed by atoms with E-state index in [0.29, 0.717) is 16.7 Å². The number of rotatable bonds is 7. The summed E-state index contributed by atoms with van der Waals surface area (Å²) in [7, 11) is 0. The van der Waals surface area contributed by atoms with Crippen molar-refractivity contribution in [2.75, 3.05) is 6.61 Å². The van der Waals surface area contributed by atoms with Crippen LogP contribution in [0.15, 0.2) is 30.6 Å². The number of hydrogen-bond donors (Lipinski definition) is 0. The van der Waals surface area contributed by atoms with Gasteiger partial charge in [-0.2, -0.15) is 0 Å². The molecule has 0 N–H and O–H groups in total. The molecular weight excluding hydrogens is 369 g/mol. The third-order valence-corrected chi connectivity index (χ3v) is 4.95. The van der Waals surface area contributed by atoms with E-state index in [2.05, 4.69) is 23.2 Å². The zero-order valence-corrected chi connectivity index (χ0v) is 16.8. The van der Waals surface area contributed by atoms with E-state index >= 15 is 0 Å². The standard InChI is InChI=1S/C20H23Cl2N3O/c1-4-7-17(26-6-3)19-16(5-2)24-20-18(23-10-11-25(19)20)14-9-8-13(21)12-15(14)22/h8-12,17H,4-7H2,1-3H3. The molecule has 0 radical (unpaired) electrons. The first-order chi connectivity index (χ1) is 12.6. The molecule has 2 heterocycles. The van der Waals surface area contributed by atoms with Crippen molar-refractivity contribution in [3.05, 3.63) is 52.0 Å². The summed E-state index contributed by atoms with van der Waals surface area (Å²) in [5, 5.41) is 1.17. The Labute approximate surface area is 164 Å². The van der Waals surface area contributed by atoms with Gasteiger partial charge in [-0.15, -0.1) is 0 Å². The van der Waals surface area contributed by atoms with Gasteiger partial charge in [0.1, 0.15) is 5.69 Å². The predicted molar refractivity (Wildman–Crippen MR) is 107 cm³/mol. The fourth-order valence-corrected chi connectivity index (χ4v) is 3.78. The summed E-state index contributed by atoms with van der Waals surface area (Å²) in [6.07, 6.45) is 6.58. The topological polar surface area (TPSA) is 39.4 Å². The van der Waals surface area contributed by atoms with E-state index in [1.165, 1.54) is 0 Å². The number of hydrogen-bond acceptors (Lipinski definition) is 3. The largest absolute Gasteiger partial charge is 0.372 e. The average molecular weight is 392 g/mol. The van der Waals surface area contributed by atoms with Gasteiger partial charge in [-0.3, -0.25) is 9.38 Å². The highest BCUT2D eigenvalue weighted by Crippen LogP contribution is 2.34. The van der Waals surface area contributed by atoms with Gasteiger partial charge in [0.15, 0.2) is 5.65 Å². The maximum Gasteiger partial charge on any atom is 0.164 e. The Morgan fingerprint density at radius 2 is 2.00 bits per heavy atom. The lowest BCUT2D eigenvalue weighted by atomic mass is 10.1. The van der Waals surface area contributed by atoms with Crippen molar-refractivity contribution in [3.8, 4) is 11.3 Å². The second-order valence-corrected chi connectivity index (χ2v) is 6.97. The second kappa shape index (κ2) is 8.38. The van der Waals surface area contributed by atoms with E-state index in [1.54, 1.807) is 12.3 Å². The Morgan fingerprint density at radius 3 is 2.65 bits per heavy atom. The molecule has 3 rings (SSSR count). The molecule has 2 aromatic heterocycles. The first kappa shape index (κ1) is 19.2. The molecule has 0 bridgehead atoms. The molecule has 0 aliphatic carbocycles. The van der Waals surface area contributed by atoms with Crippen LogP contribution in [0.3, 0.4) is 0 Å². The summed E-state index contributed by atoms with van der Waals surface area (Å²) in [5.74, 6) is 0. The highest BCUT2D eigenvalue weighted by Gasteiger charge is 2.23. The van der Waals surface area contributed by atoms with Gasteiger partial charge in [0.25, 0.3) is 0 Å². The Balaban J connectivity index is 2.23. The van der Waals surface area contributed by atoms with Gasteiger partial charge in [0, 0.05) is 29.6 Å². The monoisotopic (exact) mass is 391 g/mol. The summed E-state index contributed by atoms with van der Waals surface area (Å²) in [5.41, 5.74) is 4.52. The van der Waals surface area contributed by atoms with Gasteiger partial charge in [-0.1, -0.05) is 43.5 Å². The van der Waals surface area contributed by atoms with Crippen LogP contribution in [0.5, 0.6) is 0 Å². The Bertz CT molecular complexity index is 901. The van der Waals surface area contributed by atoms with Crippen molar-refractivity contribution in [2.45, 2.75) is 46.1 Å². The fourth-order valence-electron chi connectivity index (χ4n) is 3.28. The molecule has 138 valence electrons. The van der Waals surface area contributed by atoms with Crippen molar-refractivity contribution in [2.24, 2.45) is 0 Å². The molecule has 0 spiro atoms. The normalized spacial score (nSPS) is 12.7. The predicted octanol–water partition coefficient (Wildman–Crippen LogP) is 6.14. The third-order valence-electron chi connectivity index (χ3n) is 4.40. The highest BCUT2D eigenvalue weighted by molar-refractivity contribution is 6.36. The second-order valence-electron chi connectivity index (χ2n) is 6.12. The minimum absolute atomic E-state index is 0.0193. The minimum atomic E-state index is 0.0193. The SMILES string of the molecule is CCCC(OCC)c1c(CC)nc2c(-c3ccc(Cl)cc3Cl)nccn12. The van der Waals surface area contributed by atoms with E-state index in [9.17, 15) is 0 Å². The van der Waals surface area contributed by atoms with E-state index in [1.807, 2.05) is 25.3 Å². The van der Waals surface area contributed by atoms with Crippen LogP contribution in [0.4, 0.5) is 0 Å². The molecule has 26 heavy (non-hydrogen) atoms. The molecule has 4 nitrogen and oxygen atoms in total. The summed E-state index contributed by atoms with van der Waals surface area (Å²) < 4.78 is 8.14. The smallest absolute Gasteiger partial charge is 0.164 e. The quantitative estimate of drug-likeness (QED) is 0.485. The first-order valence-corrected chi connectivity index (χ1v) is 9.79. The fraction of sp³-hybridized carbons (Fsp3) is 0.400. The number of fused-ring (bicyclic) bond motifs is 1. The number of aryl methyl sites for hydroxylation is 1. The van der Waals surface area contributed by atoms with Crippen LogP contribution in [0.25, 0.3) is 16.9 Å². The Hall–Kier alpha value is -1.62. The van der Waals surface area contributed by atoms with Crippen molar-refractivity contribution in [1.82, 2.24) is 14.4 Å². The zero-order valence-electron chi connectivity index (χ0n) is 15.3. The molecule has 1 aromatic carbocycles. The molecule has 3 aromatic rings. The van der Waals surface area contributed by atoms with Crippen molar-refractivity contribution >= 4 is 28.8 Å². The lowest BCUT2D eigenvalue weighted by Gasteiger charge is -2.18. The van der Waals surface area contributed by atoms with Crippen molar-refractivity contribution < 1.29 is 4.74 Å². The zero-order chi connectivity index (χ0) is 18.7. The number of halogens is 2. The lowest BCUT2D eigenvalue weighted by Crippen LogP contribution is -2.09. The Kier molecular flexibility index (Phi) is 6.17. The first-order valence-electron chi connectivity index (χ1n) is 9.03. The van der Waals surface area contributed by atoms with Gasteiger partial charge in [-0.05, 0) is 38.0 Å². The number of imidazole rings is 1. The maximum atomic E-state index is 6.42. The van der Waals surface area contributed by atoms with Crippen LogP contribution >= 0.6 is 23.2 Å². The summed E-state index contributed by atoms with van der Waals surface area (Å²) in [6.45, 7) is 6.98. The average Bonchev–Trinajstić information content (AvgIpc) is 3.00. The number of aromatic nitrogens is 3. The number of nitrogens with zero attached hydrogens (tertiary/aromatic N) is 3. The van der Waals surface area contributed by atoms with Crippen LogP contribution < -0.4 is 0 Å².